The molecule has 0 amide bonds. The van der Waals surface area contributed by atoms with Gasteiger partial charge in [-0.3, -0.25) is 9.97 Å². The van der Waals surface area contributed by atoms with Crippen LogP contribution >= 0.6 is 0 Å². The molecule has 4 nitrogen and oxygen atoms in total. The monoisotopic (exact) mass is 229 g/mol. The fourth-order valence-electron chi connectivity index (χ4n) is 1.59. The zero-order valence-corrected chi connectivity index (χ0v) is 9.97. The fraction of sp³-hybridized carbons (Fsp3) is 0.231. The molecule has 4 heteroatoms. The molecule has 0 fully saturated rings. The molecule has 2 aromatic rings. The average molecular weight is 229 g/mol. The summed E-state index contributed by atoms with van der Waals surface area (Å²) >= 11 is 0. The number of anilines is 1. The Kier molecular flexibility index (Phi) is 3.23. The van der Waals surface area contributed by atoms with Crippen molar-refractivity contribution in [2.75, 3.05) is 12.3 Å². The number of nitrogen functional groups attached to an aromatic ring is 1. The lowest BCUT2D eigenvalue weighted by atomic mass is 10.1. The lowest BCUT2D eigenvalue weighted by Gasteiger charge is -2.08. The van der Waals surface area contributed by atoms with Crippen molar-refractivity contribution in [2.45, 2.75) is 13.8 Å². The summed E-state index contributed by atoms with van der Waals surface area (Å²) in [5.41, 5.74) is 9.32. The molecule has 0 spiro atoms. The molecule has 0 aliphatic rings. The first-order chi connectivity index (χ1) is 8.22. The summed E-state index contributed by atoms with van der Waals surface area (Å²) in [4.78, 5) is 8.42. The molecule has 2 aromatic heterocycles. The van der Waals surface area contributed by atoms with E-state index >= 15 is 0 Å². The Morgan fingerprint density at radius 3 is 2.94 bits per heavy atom. The van der Waals surface area contributed by atoms with Gasteiger partial charge in [-0.15, -0.1) is 0 Å². The standard InChI is InChI=1S/C13H15N3O/c1-3-17-11-6-10(7-15-8-11)13-12(14)9(2)4-5-16-13/h4-8H,3,14H2,1-2H3. The van der Waals surface area contributed by atoms with Crippen LogP contribution < -0.4 is 10.5 Å². The van der Waals surface area contributed by atoms with E-state index in [-0.39, 0.29) is 0 Å². The highest BCUT2D eigenvalue weighted by Gasteiger charge is 2.07. The van der Waals surface area contributed by atoms with Crippen LogP contribution in [0.1, 0.15) is 12.5 Å². The van der Waals surface area contributed by atoms with Gasteiger partial charge >= 0.3 is 0 Å². The van der Waals surface area contributed by atoms with Crippen molar-refractivity contribution in [1.29, 1.82) is 0 Å². The summed E-state index contributed by atoms with van der Waals surface area (Å²) in [6.45, 7) is 4.51. The Morgan fingerprint density at radius 2 is 2.18 bits per heavy atom. The van der Waals surface area contributed by atoms with Gasteiger partial charge in [0.15, 0.2) is 0 Å². The molecule has 0 atom stereocenters. The molecule has 0 aliphatic carbocycles. The first-order valence-electron chi connectivity index (χ1n) is 5.51. The number of nitrogens with two attached hydrogens (primary N) is 1. The van der Waals surface area contributed by atoms with Gasteiger partial charge in [0.05, 0.1) is 24.2 Å². The zero-order chi connectivity index (χ0) is 12.3. The second-order valence-corrected chi connectivity index (χ2v) is 3.73. The Hall–Kier alpha value is -2.10. The van der Waals surface area contributed by atoms with Gasteiger partial charge in [-0.1, -0.05) is 0 Å². The highest BCUT2D eigenvalue weighted by Crippen LogP contribution is 2.27. The van der Waals surface area contributed by atoms with Crippen LogP contribution in [0.5, 0.6) is 5.75 Å². The van der Waals surface area contributed by atoms with E-state index < -0.39 is 0 Å². The average Bonchev–Trinajstić information content (AvgIpc) is 2.33. The Morgan fingerprint density at radius 1 is 1.35 bits per heavy atom. The molecule has 2 heterocycles. The van der Waals surface area contributed by atoms with Crippen LogP contribution in [0.3, 0.4) is 0 Å². The lowest BCUT2D eigenvalue weighted by molar-refractivity contribution is 0.339. The number of rotatable bonds is 3. The molecule has 88 valence electrons. The van der Waals surface area contributed by atoms with Crippen molar-refractivity contribution in [3.63, 3.8) is 0 Å². The van der Waals surface area contributed by atoms with Crippen LogP contribution in [0.15, 0.2) is 30.7 Å². The van der Waals surface area contributed by atoms with E-state index in [1.807, 2.05) is 26.0 Å². The number of pyridine rings is 2. The van der Waals surface area contributed by atoms with Crippen LogP contribution in [0.4, 0.5) is 5.69 Å². The van der Waals surface area contributed by atoms with Gasteiger partial charge in [0.25, 0.3) is 0 Å². The summed E-state index contributed by atoms with van der Waals surface area (Å²) < 4.78 is 5.41. The molecule has 0 aromatic carbocycles. The minimum atomic E-state index is 0.613. The fourth-order valence-corrected chi connectivity index (χ4v) is 1.59. The molecule has 2 N–H and O–H groups in total. The highest BCUT2D eigenvalue weighted by atomic mass is 16.5. The quantitative estimate of drug-likeness (QED) is 0.878. The summed E-state index contributed by atoms with van der Waals surface area (Å²) in [5.74, 6) is 0.729. The molecule has 0 saturated carbocycles. The maximum absolute atomic E-state index is 6.01. The minimum Gasteiger partial charge on any atom is -0.492 e. The van der Waals surface area contributed by atoms with Gasteiger partial charge in [-0.05, 0) is 31.5 Å². The summed E-state index contributed by atoms with van der Waals surface area (Å²) in [6.07, 6.45) is 5.16. The third-order valence-electron chi connectivity index (χ3n) is 2.51. The number of nitrogens with zero attached hydrogens (tertiary/aromatic N) is 2. The van der Waals surface area contributed by atoms with Crippen LogP contribution in [0, 0.1) is 6.92 Å². The first-order valence-corrected chi connectivity index (χ1v) is 5.51. The van der Waals surface area contributed by atoms with Crippen molar-refractivity contribution in [1.82, 2.24) is 9.97 Å². The predicted octanol–water partition coefficient (Wildman–Crippen LogP) is 2.43. The molecule has 0 aliphatic heterocycles. The number of hydrogen-bond donors (Lipinski definition) is 1. The summed E-state index contributed by atoms with van der Waals surface area (Å²) in [6, 6.07) is 3.79. The smallest absolute Gasteiger partial charge is 0.138 e. The largest absolute Gasteiger partial charge is 0.492 e. The molecule has 0 unspecified atom stereocenters. The Balaban J connectivity index is 2.45. The summed E-state index contributed by atoms with van der Waals surface area (Å²) in [5, 5.41) is 0. The van der Waals surface area contributed by atoms with Crippen LogP contribution in [-0.4, -0.2) is 16.6 Å². The third kappa shape index (κ3) is 2.36. The van der Waals surface area contributed by atoms with E-state index in [2.05, 4.69) is 9.97 Å². The maximum atomic E-state index is 6.01. The predicted molar refractivity (Wildman–Crippen MR) is 67.8 cm³/mol. The number of aromatic nitrogens is 2. The van der Waals surface area contributed by atoms with Gasteiger partial charge in [-0.2, -0.15) is 0 Å². The Labute approximate surface area is 100 Å². The topological polar surface area (TPSA) is 61.0 Å². The van der Waals surface area contributed by atoms with Gasteiger partial charge in [0, 0.05) is 18.0 Å². The van der Waals surface area contributed by atoms with Crippen LogP contribution in [-0.2, 0) is 0 Å². The van der Waals surface area contributed by atoms with E-state index in [0.717, 1.165) is 22.6 Å². The van der Waals surface area contributed by atoms with Crippen molar-refractivity contribution >= 4 is 5.69 Å². The van der Waals surface area contributed by atoms with E-state index in [9.17, 15) is 0 Å². The second-order valence-electron chi connectivity index (χ2n) is 3.73. The molecular weight excluding hydrogens is 214 g/mol. The van der Waals surface area contributed by atoms with Gasteiger partial charge in [0.2, 0.25) is 0 Å². The third-order valence-corrected chi connectivity index (χ3v) is 2.51. The molecule has 17 heavy (non-hydrogen) atoms. The maximum Gasteiger partial charge on any atom is 0.138 e. The van der Waals surface area contributed by atoms with Gasteiger partial charge in [-0.25, -0.2) is 0 Å². The van der Waals surface area contributed by atoms with Gasteiger partial charge < -0.3 is 10.5 Å². The SMILES string of the molecule is CCOc1cncc(-c2nccc(C)c2N)c1. The first kappa shape index (κ1) is 11.4. The number of ether oxygens (including phenoxy) is 1. The van der Waals surface area contributed by atoms with E-state index in [1.165, 1.54) is 0 Å². The van der Waals surface area contributed by atoms with Crippen molar-refractivity contribution in [3.05, 3.63) is 36.3 Å². The number of aryl methyl sites for hydroxylation is 1. The highest BCUT2D eigenvalue weighted by molar-refractivity contribution is 5.74. The Bertz CT molecular complexity index is 526. The molecule has 0 bridgehead atoms. The second kappa shape index (κ2) is 4.82. The van der Waals surface area contributed by atoms with Crippen molar-refractivity contribution in [3.8, 4) is 17.0 Å². The molecule has 0 radical (unpaired) electrons. The molecular formula is C13H15N3O. The van der Waals surface area contributed by atoms with E-state index in [0.29, 0.717) is 12.3 Å². The van der Waals surface area contributed by atoms with Crippen molar-refractivity contribution < 1.29 is 4.74 Å². The summed E-state index contributed by atoms with van der Waals surface area (Å²) in [7, 11) is 0. The van der Waals surface area contributed by atoms with Crippen LogP contribution in [0.2, 0.25) is 0 Å². The van der Waals surface area contributed by atoms with Gasteiger partial charge in [0.1, 0.15) is 5.75 Å². The minimum absolute atomic E-state index is 0.613. The zero-order valence-electron chi connectivity index (χ0n) is 9.97. The van der Waals surface area contributed by atoms with E-state index in [1.54, 1.807) is 18.6 Å². The van der Waals surface area contributed by atoms with E-state index in [4.69, 9.17) is 10.5 Å². The molecule has 2 rings (SSSR count). The van der Waals surface area contributed by atoms with Crippen LogP contribution in [0.25, 0.3) is 11.3 Å². The molecule has 0 saturated heterocycles. The van der Waals surface area contributed by atoms with Crippen molar-refractivity contribution in [2.24, 2.45) is 0 Å². The number of hydrogen-bond acceptors (Lipinski definition) is 4. The lowest BCUT2D eigenvalue weighted by Crippen LogP contribution is -1.98. The normalized spacial score (nSPS) is 10.2.